The molecule has 0 saturated carbocycles. The summed E-state index contributed by atoms with van der Waals surface area (Å²) in [6, 6.07) is 1.65. The van der Waals surface area contributed by atoms with Crippen molar-refractivity contribution in [3.05, 3.63) is 28.5 Å². The Balaban J connectivity index is 2.42. The number of ether oxygens (including phenoxy) is 1. The number of pyridine rings is 1. The maximum Gasteiger partial charge on any atom is 0.322 e. The molecule has 4 nitrogen and oxygen atoms in total. The molecule has 1 aromatic rings. The normalized spacial score (nSPS) is 12.2. The summed E-state index contributed by atoms with van der Waals surface area (Å²) >= 11 is 3.34. The van der Waals surface area contributed by atoms with Crippen LogP contribution in [0.4, 0.5) is 0 Å². The number of nitrogens with zero attached hydrogens (tertiary/aromatic N) is 1. The van der Waals surface area contributed by atoms with Gasteiger partial charge in [-0.1, -0.05) is 0 Å². The van der Waals surface area contributed by atoms with E-state index in [9.17, 15) is 4.79 Å². The van der Waals surface area contributed by atoms with Crippen molar-refractivity contribution in [2.24, 2.45) is 0 Å². The Kier molecular flexibility index (Phi) is 5.42. The van der Waals surface area contributed by atoms with Gasteiger partial charge in [-0.25, -0.2) is 0 Å². The average molecular weight is 287 g/mol. The van der Waals surface area contributed by atoms with Crippen LogP contribution in [0.1, 0.15) is 19.4 Å². The number of carbonyl (C=O) groups is 1. The monoisotopic (exact) mass is 286 g/mol. The largest absolute Gasteiger partial charge is 0.465 e. The van der Waals surface area contributed by atoms with Crippen LogP contribution in [0.2, 0.25) is 0 Å². The lowest BCUT2D eigenvalue weighted by Crippen LogP contribution is -2.34. The summed E-state index contributed by atoms with van der Waals surface area (Å²) in [5.41, 5.74) is 1.02. The van der Waals surface area contributed by atoms with Crippen molar-refractivity contribution in [3.8, 4) is 0 Å². The van der Waals surface area contributed by atoms with Crippen molar-refractivity contribution in [1.82, 2.24) is 10.3 Å². The fourth-order valence-electron chi connectivity index (χ4n) is 1.17. The third kappa shape index (κ3) is 4.28. The molecule has 1 heterocycles. The van der Waals surface area contributed by atoms with Gasteiger partial charge in [0.1, 0.15) is 6.04 Å². The van der Waals surface area contributed by atoms with Crippen LogP contribution >= 0.6 is 15.9 Å². The van der Waals surface area contributed by atoms with E-state index >= 15 is 0 Å². The van der Waals surface area contributed by atoms with Gasteiger partial charge in [-0.15, -0.1) is 0 Å². The Morgan fingerprint density at radius 1 is 1.62 bits per heavy atom. The Morgan fingerprint density at radius 2 is 2.38 bits per heavy atom. The van der Waals surface area contributed by atoms with E-state index < -0.39 is 0 Å². The molecule has 0 aliphatic carbocycles. The van der Waals surface area contributed by atoms with Crippen molar-refractivity contribution in [2.45, 2.75) is 26.4 Å². The van der Waals surface area contributed by atoms with E-state index in [0.29, 0.717) is 13.2 Å². The molecule has 1 atom stereocenters. The molecular formula is C11H15BrN2O2. The van der Waals surface area contributed by atoms with Crippen molar-refractivity contribution < 1.29 is 9.53 Å². The average Bonchev–Trinajstić information content (AvgIpc) is 2.26. The standard InChI is InChI=1S/C11H15BrN2O2/c1-3-16-11(15)8(2)14-6-9-4-10(12)7-13-5-9/h4-5,7-8,14H,3,6H2,1-2H3. The smallest absolute Gasteiger partial charge is 0.322 e. The summed E-state index contributed by atoms with van der Waals surface area (Å²) in [6.07, 6.45) is 3.48. The van der Waals surface area contributed by atoms with Crippen molar-refractivity contribution in [3.63, 3.8) is 0 Å². The van der Waals surface area contributed by atoms with Gasteiger partial charge in [0.25, 0.3) is 0 Å². The van der Waals surface area contributed by atoms with E-state index in [0.717, 1.165) is 10.0 Å². The molecule has 0 bridgehead atoms. The molecule has 1 rings (SSSR count). The molecule has 0 radical (unpaired) electrons. The summed E-state index contributed by atoms with van der Waals surface area (Å²) in [4.78, 5) is 15.4. The molecule has 0 saturated heterocycles. The predicted octanol–water partition coefficient (Wildman–Crippen LogP) is 1.89. The Labute approximate surface area is 104 Å². The SMILES string of the molecule is CCOC(=O)C(C)NCc1cncc(Br)c1. The Bertz CT molecular complexity index is 358. The van der Waals surface area contributed by atoms with E-state index in [4.69, 9.17) is 4.74 Å². The molecule has 0 aliphatic heterocycles. The number of aromatic nitrogens is 1. The number of nitrogens with one attached hydrogen (secondary N) is 1. The highest BCUT2D eigenvalue weighted by Gasteiger charge is 2.12. The third-order valence-electron chi connectivity index (χ3n) is 2.01. The quantitative estimate of drug-likeness (QED) is 0.840. The predicted molar refractivity (Wildman–Crippen MR) is 64.9 cm³/mol. The minimum atomic E-state index is -0.307. The van der Waals surface area contributed by atoms with Crippen LogP contribution in [0.5, 0.6) is 0 Å². The van der Waals surface area contributed by atoms with Gasteiger partial charge >= 0.3 is 5.97 Å². The molecular weight excluding hydrogens is 272 g/mol. The van der Waals surface area contributed by atoms with Crippen LogP contribution in [0.15, 0.2) is 22.9 Å². The first kappa shape index (κ1) is 13.1. The van der Waals surface area contributed by atoms with Gasteiger partial charge in [0.05, 0.1) is 6.61 Å². The molecule has 1 N–H and O–H groups in total. The van der Waals surface area contributed by atoms with Crippen molar-refractivity contribution in [2.75, 3.05) is 6.61 Å². The lowest BCUT2D eigenvalue weighted by Gasteiger charge is -2.12. The molecule has 88 valence electrons. The number of carbonyl (C=O) groups excluding carboxylic acids is 1. The lowest BCUT2D eigenvalue weighted by molar-refractivity contribution is -0.145. The summed E-state index contributed by atoms with van der Waals surface area (Å²) < 4.78 is 5.82. The number of esters is 1. The van der Waals surface area contributed by atoms with Crippen LogP contribution < -0.4 is 5.32 Å². The van der Waals surface area contributed by atoms with E-state index in [-0.39, 0.29) is 12.0 Å². The van der Waals surface area contributed by atoms with Crippen molar-refractivity contribution >= 4 is 21.9 Å². The number of rotatable bonds is 5. The van der Waals surface area contributed by atoms with E-state index in [1.165, 1.54) is 0 Å². The summed E-state index contributed by atoms with van der Waals surface area (Å²) in [6.45, 7) is 4.57. The highest BCUT2D eigenvalue weighted by Crippen LogP contribution is 2.09. The molecule has 0 aliphatic rings. The molecule has 0 aromatic carbocycles. The summed E-state index contributed by atoms with van der Waals surface area (Å²) in [5.74, 6) is -0.231. The van der Waals surface area contributed by atoms with E-state index in [2.05, 4.69) is 26.2 Å². The zero-order valence-electron chi connectivity index (χ0n) is 9.37. The second-order valence-electron chi connectivity index (χ2n) is 3.37. The maximum absolute atomic E-state index is 11.3. The second kappa shape index (κ2) is 6.60. The molecule has 1 aromatic heterocycles. The summed E-state index contributed by atoms with van der Waals surface area (Å²) in [7, 11) is 0. The first-order valence-corrected chi connectivity index (χ1v) is 5.92. The van der Waals surface area contributed by atoms with Crippen LogP contribution in [0.3, 0.4) is 0 Å². The lowest BCUT2D eigenvalue weighted by atomic mass is 10.2. The van der Waals surface area contributed by atoms with E-state index in [1.807, 2.05) is 6.07 Å². The van der Waals surface area contributed by atoms with Gasteiger partial charge in [0.2, 0.25) is 0 Å². The van der Waals surface area contributed by atoms with Gasteiger partial charge in [-0.05, 0) is 41.4 Å². The molecule has 0 spiro atoms. The number of hydrogen-bond donors (Lipinski definition) is 1. The number of halogens is 1. The maximum atomic E-state index is 11.3. The van der Waals surface area contributed by atoms with Gasteiger partial charge in [-0.2, -0.15) is 0 Å². The Morgan fingerprint density at radius 3 is 3.00 bits per heavy atom. The van der Waals surface area contributed by atoms with E-state index in [1.54, 1.807) is 26.2 Å². The van der Waals surface area contributed by atoms with Gasteiger partial charge in [0.15, 0.2) is 0 Å². The second-order valence-corrected chi connectivity index (χ2v) is 4.28. The van der Waals surface area contributed by atoms with Gasteiger partial charge in [0, 0.05) is 23.4 Å². The fraction of sp³-hybridized carbons (Fsp3) is 0.455. The minimum Gasteiger partial charge on any atom is -0.465 e. The van der Waals surface area contributed by atoms with Crippen LogP contribution in [-0.4, -0.2) is 23.6 Å². The van der Waals surface area contributed by atoms with Gasteiger partial charge in [-0.3, -0.25) is 9.78 Å². The van der Waals surface area contributed by atoms with Crippen LogP contribution in [-0.2, 0) is 16.1 Å². The molecule has 0 amide bonds. The summed E-state index contributed by atoms with van der Waals surface area (Å²) in [5, 5.41) is 3.08. The Hall–Kier alpha value is -0.940. The molecule has 16 heavy (non-hydrogen) atoms. The fourth-order valence-corrected chi connectivity index (χ4v) is 1.59. The highest BCUT2D eigenvalue weighted by atomic mass is 79.9. The van der Waals surface area contributed by atoms with Gasteiger partial charge < -0.3 is 10.1 Å². The minimum absolute atomic E-state index is 0.231. The zero-order chi connectivity index (χ0) is 12.0. The first-order chi connectivity index (χ1) is 7.63. The zero-order valence-corrected chi connectivity index (χ0v) is 11.0. The highest BCUT2D eigenvalue weighted by molar-refractivity contribution is 9.10. The topological polar surface area (TPSA) is 51.2 Å². The number of hydrogen-bond acceptors (Lipinski definition) is 4. The van der Waals surface area contributed by atoms with Crippen LogP contribution in [0, 0.1) is 0 Å². The van der Waals surface area contributed by atoms with Crippen molar-refractivity contribution in [1.29, 1.82) is 0 Å². The first-order valence-electron chi connectivity index (χ1n) is 5.13. The van der Waals surface area contributed by atoms with Crippen LogP contribution in [0.25, 0.3) is 0 Å². The molecule has 5 heteroatoms. The molecule has 1 unspecified atom stereocenters. The third-order valence-corrected chi connectivity index (χ3v) is 2.45. The molecule has 0 fully saturated rings.